The molecule has 0 radical (unpaired) electrons. The Kier molecular flexibility index (Phi) is 6.47. The number of hydrogen-bond acceptors (Lipinski definition) is 0. The molecule has 76 valence electrons. The quantitative estimate of drug-likeness (QED) is 0.590. The van der Waals surface area contributed by atoms with Gasteiger partial charge in [0.2, 0.25) is 0 Å². The summed E-state index contributed by atoms with van der Waals surface area (Å²) in [6, 6.07) is 10.3. The standard InChI is InChI=1S/C12H14.C2H6/c1-4-12(10(2)3)11-8-6-5-7-9-11;1-2/h4-9H,2H2,1,3H3;1-2H3/b12-4+;. The van der Waals surface area contributed by atoms with Crippen LogP contribution in [-0.4, -0.2) is 0 Å². The summed E-state index contributed by atoms with van der Waals surface area (Å²) in [5.41, 5.74) is 3.59. The minimum Gasteiger partial charge on any atom is -0.0955 e. The fourth-order valence-electron chi connectivity index (χ4n) is 1.28. The summed E-state index contributed by atoms with van der Waals surface area (Å²) in [6.45, 7) is 12.0. The van der Waals surface area contributed by atoms with Crippen LogP contribution >= 0.6 is 0 Å². The van der Waals surface area contributed by atoms with Gasteiger partial charge in [-0.2, -0.15) is 0 Å². The minimum absolute atomic E-state index is 1.11. The molecule has 0 heteroatoms. The van der Waals surface area contributed by atoms with Crippen LogP contribution in [0.4, 0.5) is 0 Å². The van der Waals surface area contributed by atoms with E-state index in [9.17, 15) is 0 Å². The van der Waals surface area contributed by atoms with Gasteiger partial charge in [0.1, 0.15) is 0 Å². The van der Waals surface area contributed by atoms with E-state index in [0.29, 0.717) is 0 Å². The van der Waals surface area contributed by atoms with Gasteiger partial charge in [0.15, 0.2) is 0 Å². The molecule has 0 heterocycles. The van der Waals surface area contributed by atoms with Gasteiger partial charge in [-0.3, -0.25) is 0 Å². The lowest BCUT2D eigenvalue weighted by molar-refractivity contribution is 1.50. The molecule has 0 aliphatic heterocycles. The van der Waals surface area contributed by atoms with Crippen molar-refractivity contribution in [3.8, 4) is 0 Å². The fourth-order valence-corrected chi connectivity index (χ4v) is 1.28. The lowest BCUT2D eigenvalue weighted by Gasteiger charge is -2.05. The summed E-state index contributed by atoms with van der Waals surface area (Å²) < 4.78 is 0. The van der Waals surface area contributed by atoms with E-state index in [-0.39, 0.29) is 0 Å². The molecule has 0 saturated heterocycles. The molecule has 0 fully saturated rings. The molecule has 0 aliphatic carbocycles. The highest BCUT2D eigenvalue weighted by Gasteiger charge is 1.98. The van der Waals surface area contributed by atoms with Crippen LogP contribution in [0.1, 0.15) is 33.3 Å². The molecule has 0 unspecified atom stereocenters. The van der Waals surface area contributed by atoms with Crippen molar-refractivity contribution in [1.29, 1.82) is 0 Å². The Hall–Kier alpha value is -1.30. The molecule has 0 nitrogen and oxygen atoms in total. The monoisotopic (exact) mass is 188 g/mol. The van der Waals surface area contributed by atoms with Crippen molar-refractivity contribution in [2.75, 3.05) is 0 Å². The Morgan fingerprint density at radius 2 is 1.64 bits per heavy atom. The van der Waals surface area contributed by atoms with E-state index >= 15 is 0 Å². The zero-order valence-electron chi connectivity index (χ0n) is 9.67. The molecule has 1 aromatic rings. The van der Waals surface area contributed by atoms with Crippen LogP contribution in [0.25, 0.3) is 5.57 Å². The third-order valence-corrected chi connectivity index (χ3v) is 1.83. The summed E-state index contributed by atoms with van der Waals surface area (Å²) in [6.07, 6.45) is 2.09. The van der Waals surface area contributed by atoms with Crippen molar-refractivity contribution in [3.05, 3.63) is 54.1 Å². The Bertz CT molecular complexity index is 291. The molecule has 0 N–H and O–H groups in total. The van der Waals surface area contributed by atoms with Crippen molar-refractivity contribution < 1.29 is 0 Å². The van der Waals surface area contributed by atoms with Gasteiger partial charge in [-0.25, -0.2) is 0 Å². The van der Waals surface area contributed by atoms with Gasteiger partial charge in [-0.1, -0.05) is 62.4 Å². The zero-order valence-corrected chi connectivity index (χ0v) is 9.67. The molecule has 0 bridgehead atoms. The summed E-state index contributed by atoms with van der Waals surface area (Å²) in [5, 5.41) is 0. The lowest BCUT2D eigenvalue weighted by atomic mass is 10.0. The number of rotatable bonds is 2. The van der Waals surface area contributed by atoms with Crippen LogP contribution in [0.2, 0.25) is 0 Å². The Labute approximate surface area is 88.0 Å². The first-order valence-electron chi connectivity index (χ1n) is 5.13. The van der Waals surface area contributed by atoms with Crippen LogP contribution < -0.4 is 0 Å². The average Bonchev–Trinajstić information content (AvgIpc) is 2.23. The van der Waals surface area contributed by atoms with E-state index in [1.165, 1.54) is 11.1 Å². The lowest BCUT2D eigenvalue weighted by Crippen LogP contribution is -1.83. The maximum atomic E-state index is 3.93. The zero-order chi connectivity index (χ0) is 11.0. The van der Waals surface area contributed by atoms with Crippen LogP contribution in [0.5, 0.6) is 0 Å². The third-order valence-electron chi connectivity index (χ3n) is 1.83. The molecule has 0 aliphatic rings. The van der Waals surface area contributed by atoms with Crippen molar-refractivity contribution in [2.24, 2.45) is 0 Å². The molecule has 1 aromatic carbocycles. The first-order chi connectivity index (χ1) is 6.75. The second kappa shape index (κ2) is 7.14. The summed E-state index contributed by atoms with van der Waals surface area (Å²) in [4.78, 5) is 0. The van der Waals surface area contributed by atoms with Crippen LogP contribution in [-0.2, 0) is 0 Å². The molecule has 0 atom stereocenters. The second-order valence-corrected chi connectivity index (χ2v) is 2.85. The summed E-state index contributed by atoms with van der Waals surface area (Å²) in [7, 11) is 0. The van der Waals surface area contributed by atoms with Crippen LogP contribution in [0.15, 0.2) is 48.6 Å². The highest BCUT2D eigenvalue weighted by molar-refractivity contribution is 5.77. The van der Waals surface area contributed by atoms with E-state index in [4.69, 9.17) is 0 Å². The van der Waals surface area contributed by atoms with Gasteiger partial charge >= 0.3 is 0 Å². The maximum Gasteiger partial charge on any atom is -0.0185 e. The average molecular weight is 188 g/mol. The van der Waals surface area contributed by atoms with Gasteiger partial charge in [-0.15, -0.1) is 0 Å². The Balaban J connectivity index is 0.000000791. The Morgan fingerprint density at radius 1 is 1.14 bits per heavy atom. The Morgan fingerprint density at radius 3 is 2.00 bits per heavy atom. The van der Waals surface area contributed by atoms with Gasteiger partial charge in [-0.05, 0) is 25.0 Å². The fraction of sp³-hybridized carbons (Fsp3) is 0.286. The van der Waals surface area contributed by atoms with E-state index in [0.717, 1.165) is 5.57 Å². The normalized spacial score (nSPS) is 10.1. The highest BCUT2D eigenvalue weighted by atomic mass is 14.0. The van der Waals surface area contributed by atoms with Gasteiger partial charge in [0.25, 0.3) is 0 Å². The molecule has 0 aromatic heterocycles. The molecular weight excluding hydrogens is 168 g/mol. The van der Waals surface area contributed by atoms with E-state index in [1.54, 1.807) is 0 Å². The molecule has 0 amide bonds. The van der Waals surface area contributed by atoms with E-state index < -0.39 is 0 Å². The first-order valence-corrected chi connectivity index (χ1v) is 5.13. The SMILES string of the molecule is C=C(C)/C(=C\C)c1ccccc1.CC. The summed E-state index contributed by atoms with van der Waals surface area (Å²) in [5.74, 6) is 0. The first kappa shape index (κ1) is 12.7. The number of allylic oxidation sites excluding steroid dienone is 3. The molecule has 14 heavy (non-hydrogen) atoms. The largest absolute Gasteiger partial charge is 0.0955 e. The van der Waals surface area contributed by atoms with Crippen molar-refractivity contribution in [2.45, 2.75) is 27.7 Å². The molecule has 0 spiro atoms. The van der Waals surface area contributed by atoms with Gasteiger partial charge < -0.3 is 0 Å². The minimum atomic E-state index is 1.11. The molecule has 1 rings (SSSR count). The predicted molar refractivity (Wildman–Crippen MR) is 66.3 cm³/mol. The van der Waals surface area contributed by atoms with Gasteiger partial charge in [0.05, 0.1) is 0 Å². The van der Waals surface area contributed by atoms with Crippen molar-refractivity contribution in [1.82, 2.24) is 0 Å². The van der Waals surface area contributed by atoms with E-state index in [2.05, 4.69) is 24.8 Å². The van der Waals surface area contributed by atoms with Crippen LogP contribution in [0, 0.1) is 0 Å². The highest BCUT2D eigenvalue weighted by Crippen LogP contribution is 2.20. The van der Waals surface area contributed by atoms with Crippen molar-refractivity contribution in [3.63, 3.8) is 0 Å². The molecule has 0 saturated carbocycles. The maximum absolute atomic E-state index is 3.93. The summed E-state index contributed by atoms with van der Waals surface area (Å²) >= 11 is 0. The smallest absolute Gasteiger partial charge is 0.0185 e. The second-order valence-electron chi connectivity index (χ2n) is 2.85. The van der Waals surface area contributed by atoms with Gasteiger partial charge in [0, 0.05) is 0 Å². The topological polar surface area (TPSA) is 0 Å². The molecular formula is C14H20. The van der Waals surface area contributed by atoms with E-state index in [1.807, 2.05) is 45.9 Å². The van der Waals surface area contributed by atoms with Crippen molar-refractivity contribution >= 4 is 5.57 Å². The third kappa shape index (κ3) is 3.61. The number of benzene rings is 1. The number of hydrogen-bond donors (Lipinski definition) is 0. The van der Waals surface area contributed by atoms with Crippen LogP contribution in [0.3, 0.4) is 0 Å². The predicted octanol–water partition coefficient (Wildman–Crippen LogP) is 4.69.